The minimum absolute atomic E-state index is 0.0315. The standard InChI is InChI=1S/C13H20N2O3/c1-9-4-3-5-13(6-9,8-16)15-12(17)11-10(2)7-14-18-11/h7,9,16H,3-6,8H2,1-2H3,(H,15,17). The average Bonchev–Trinajstić information content (AvgIpc) is 2.75. The fourth-order valence-corrected chi connectivity index (χ4v) is 2.76. The van der Waals surface area contributed by atoms with Gasteiger partial charge in [-0.25, -0.2) is 0 Å². The summed E-state index contributed by atoms with van der Waals surface area (Å²) in [6.45, 7) is 3.90. The van der Waals surface area contributed by atoms with E-state index in [2.05, 4.69) is 17.4 Å². The van der Waals surface area contributed by atoms with Crippen LogP contribution in [0.1, 0.15) is 48.7 Å². The molecule has 100 valence electrons. The Hall–Kier alpha value is -1.36. The molecule has 2 rings (SSSR count). The van der Waals surface area contributed by atoms with Crippen molar-refractivity contribution in [1.82, 2.24) is 10.5 Å². The van der Waals surface area contributed by atoms with Gasteiger partial charge in [0.05, 0.1) is 18.3 Å². The zero-order valence-electron chi connectivity index (χ0n) is 10.9. The Morgan fingerprint density at radius 3 is 3.06 bits per heavy atom. The second-order valence-electron chi connectivity index (χ2n) is 5.43. The summed E-state index contributed by atoms with van der Waals surface area (Å²) in [6.07, 6.45) is 5.32. The number of aromatic nitrogens is 1. The number of aliphatic hydroxyl groups is 1. The lowest BCUT2D eigenvalue weighted by molar-refractivity contribution is 0.0666. The molecule has 2 atom stereocenters. The first-order valence-electron chi connectivity index (χ1n) is 6.41. The molecule has 1 aliphatic carbocycles. The topological polar surface area (TPSA) is 75.4 Å². The van der Waals surface area contributed by atoms with Crippen LogP contribution in [0.15, 0.2) is 10.7 Å². The number of hydrogen-bond acceptors (Lipinski definition) is 4. The van der Waals surface area contributed by atoms with E-state index in [9.17, 15) is 9.90 Å². The number of carbonyl (C=O) groups excluding carboxylic acids is 1. The second kappa shape index (κ2) is 5.10. The van der Waals surface area contributed by atoms with Crippen molar-refractivity contribution in [3.8, 4) is 0 Å². The minimum Gasteiger partial charge on any atom is -0.394 e. The summed E-state index contributed by atoms with van der Waals surface area (Å²) in [5.41, 5.74) is 0.206. The van der Waals surface area contributed by atoms with Crippen LogP contribution in [-0.2, 0) is 0 Å². The van der Waals surface area contributed by atoms with Crippen LogP contribution in [0, 0.1) is 12.8 Å². The highest BCUT2D eigenvalue weighted by Crippen LogP contribution is 2.32. The van der Waals surface area contributed by atoms with Crippen molar-refractivity contribution >= 4 is 5.91 Å². The summed E-state index contributed by atoms with van der Waals surface area (Å²) in [7, 11) is 0. The number of hydrogen-bond donors (Lipinski definition) is 2. The minimum atomic E-state index is -0.506. The van der Waals surface area contributed by atoms with Crippen LogP contribution < -0.4 is 5.32 Å². The zero-order valence-corrected chi connectivity index (χ0v) is 10.9. The van der Waals surface area contributed by atoms with Gasteiger partial charge in [0, 0.05) is 5.56 Å². The molecule has 5 heteroatoms. The molecule has 1 amide bonds. The number of rotatable bonds is 3. The van der Waals surface area contributed by atoms with Gasteiger partial charge in [-0.05, 0) is 25.7 Å². The fraction of sp³-hybridized carbons (Fsp3) is 0.692. The SMILES string of the molecule is Cc1cnoc1C(=O)NC1(CO)CCCC(C)C1. The van der Waals surface area contributed by atoms with Crippen molar-refractivity contribution in [2.45, 2.75) is 45.1 Å². The van der Waals surface area contributed by atoms with Gasteiger partial charge in [0.1, 0.15) is 0 Å². The van der Waals surface area contributed by atoms with Gasteiger partial charge in [-0.15, -0.1) is 0 Å². The molecule has 0 aromatic carbocycles. The average molecular weight is 252 g/mol. The first-order chi connectivity index (χ1) is 8.56. The van der Waals surface area contributed by atoms with Crippen molar-refractivity contribution in [3.05, 3.63) is 17.5 Å². The lowest BCUT2D eigenvalue weighted by Gasteiger charge is -2.39. The number of amides is 1. The molecule has 0 spiro atoms. The van der Waals surface area contributed by atoms with E-state index in [1.165, 1.54) is 6.20 Å². The molecule has 1 saturated carbocycles. The number of carbonyl (C=O) groups is 1. The molecule has 0 bridgehead atoms. The molecule has 2 unspecified atom stereocenters. The fourth-order valence-electron chi connectivity index (χ4n) is 2.76. The molecular weight excluding hydrogens is 232 g/mol. The largest absolute Gasteiger partial charge is 0.394 e. The van der Waals surface area contributed by atoms with Crippen molar-refractivity contribution in [1.29, 1.82) is 0 Å². The van der Waals surface area contributed by atoms with E-state index >= 15 is 0 Å². The Morgan fingerprint density at radius 2 is 2.50 bits per heavy atom. The highest BCUT2D eigenvalue weighted by Gasteiger charge is 2.36. The highest BCUT2D eigenvalue weighted by atomic mass is 16.5. The van der Waals surface area contributed by atoms with Crippen LogP contribution in [0.25, 0.3) is 0 Å². The van der Waals surface area contributed by atoms with Crippen molar-refractivity contribution < 1.29 is 14.4 Å². The molecule has 1 aromatic rings. The van der Waals surface area contributed by atoms with Gasteiger partial charge < -0.3 is 14.9 Å². The zero-order chi connectivity index (χ0) is 13.2. The first-order valence-corrected chi connectivity index (χ1v) is 6.41. The Balaban J connectivity index is 2.11. The van der Waals surface area contributed by atoms with Gasteiger partial charge in [0.25, 0.3) is 5.91 Å². The molecule has 5 nitrogen and oxygen atoms in total. The summed E-state index contributed by atoms with van der Waals surface area (Å²) in [6, 6.07) is 0. The van der Waals surface area contributed by atoms with Gasteiger partial charge in [-0.1, -0.05) is 24.9 Å². The molecule has 0 aliphatic heterocycles. The van der Waals surface area contributed by atoms with E-state index in [0.717, 1.165) is 25.7 Å². The van der Waals surface area contributed by atoms with Gasteiger partial charge in [-0.3, -0.25) is 4.79 Å². The molecule has 1 fully saturated rings. The first kappa shape index (κ1) is 13.1. The van der Waals surface area contributed by atoms with Crippen LogP contribution in [-0.4, -0.2) is 28.3 Å². The summed E-state index contributed by atoms with van der Waals surface area (Å²) < 4.78 is 4.94. The van der Waals surface area contributed by atoms with E-state index in [-0.39, 0.29) is 18.3 Å². The monoisotopic (exact) mass is 252 g/mol. The number of aliphatic hydroxyl groups excluding tert-OH is 1. The van der Waals surface area contributed by atoms with E-state index < -0.39 is 5.54 Å². The molecule has 2 N–H and O–H groups in total. The van der Waals surface area contributed by atoms with Crippen molar-refractivity contribution in [2.75, 3.05) is 6.61 Å². The summed E-state index contributed by atoms with van der Waals surface area (Å²) in [5, 5.41) is 16.1. The Morgan fingerprint density at radius 1 is 1.72 bits per heavy atom. The predicted molar refractivity (Wildman–Crippen MR) is 66.2 cm³/mol. The lowest BCUT2D eigenvalue weighted by Crippen LogP contribution is -2.53. The maximum atomic E-state index is 12.1. The Kier molecular flexibility index (Phi) is 3.71. The van der Waals surface area contributed by atoms with Crippen LogP contribution in [0.2, 0.25) is 0 Å². The number of aryl methyl sites for hydroxylation is 1. The molecular formula is C13H20N2O3. The van der Waals surface area contributed by atoms with Crippen molar-refractivity contribution in [2.24, 2.45) is 5.92 Å². The quantitative estimate of drug-likeness (QED) is 0.857. The van der Waals surface area contributed by atoms with Crippen LogP contribution in [0.5, 0.6) is 0 Å². The lowest BCUT2D eigenvalue weighted by atomic mass is 9.77. The molecule has 0 saturated heterocycles. The maximum absolute atomic E-state index is 12.1. The summed E-state index contributed by atoms with van der Waals surface area (Å²) in [5.74, 6) is 0.469. The third-order valence-electron chi connectivity index (χ3n) is 3.73. The highest BCUT2D eigenvalue weighted by molar-refractivity contribution is 5.93. The van der Waals surface area contributed by atoms with Crippen LogP contribution in [0.3, 0.4) is 0 Å². The van der Waals surface area contributed by atoms with E-state index in [0.29, 0.717) is 11.5 Å². The molecule has 1 heterocycles. The number of nitrogens with one attached hydrogen (secondary N) is 1. The van der Waals surface area contributed by atoms with Gasteiger partial charge >= 0.3 is 0 Å². The van der Waals surface area contributed by atoms with E-state index in [1.807, 2.05) is 0 Å². The second-order valence-corrected chi connectivity index (χ2v) is 5.43. The van der Waals surface area contributed by atoms with Gasteiger partial charge in [-0.2, -0.15) is 0 Å². The molecule has 0 radical (unpaired) electrons. The van der Waals surface area contributed by atoms with Gasteiger partial charge in [0.2, 0.25) is 5.76 Å². The summed E-state index contributed by atoms with van der Waals surface area (Å²) in [4.78, 5) is 12.1. The third-order valence-corrected chi connectivity index (χ3v) is 3.73. The predicted octanol–water partition coefficient (Wildman–Crippen LogP) is 1.65. The molecule has 1 aromatic heterocycles. The van der Waals surface area contributed by atoms with E-state index in [1.54, 1.807) is 6.92 Å². The Bertz CT molecular complexity index is 430. The maximum Gasteiger partial charge on any atom is 0.290 e. The smallest absolute Gasteiger partial charge is 0.290 e. The molecule has 1 aliphatic rings. The number of nitrogens with zero attached hydrogens (tertiary/aromatic N) is 1. The molecule has 18 heavy (non-hydrogen) atoms. The Labute approximate surface area is 107 Å². The van der Waals surface area contributed by atoms with Gasteiger partial charge in [0.15, 0.2) is 0 Å². The summed E-state index contributed by atoms with van der Waals surface area (Å²) >= 11 is 0. The van der Waals surface area contributed by atoms with Crippen molar-refractivity contribution in [3.63, 3.8) is 0 Å². The van der Waals surface area contributed by atoms with Crippen LogP contribution >= 0.6 is 0 Å². The normalized spacial score (nSPS) is 28.1. The van der Waals surface area contributed by atoms with E-state index in [4.69, 9.17) is 4.52 Å². The van der Waals surface area contributed by atoms with Crippen LogP contribution in [0.4, 0.5) is 0 Å². The third kappa shape index (κ3) is 2.56.